The van der Waals surface area contributed by atoms with Gasteiger partial charge in [0.2, 0.25) is 0 Å². The molecule has 15 heteroatoms. The van der Waals surface area contributed by atoms with E-state index in [0.717, 1.165) is 28.7 Å². The standard InChI is InChI=1S/C39H44F2N6O7/c1-24(48)38(51)47(22-28-16-42-17-33(28)54-39(52)45-19-26(20-45)21-46-34(49)9-10-35(46)50)36(27-11-13-53-14-12-27)37-43-32(30-15-29(40)7-8-31(30)41)23-44(37)18-25-5-3-2-4-6-25/h2-10,15,23-24,26-28,33,36,42,48H,11-14,16-22H2,1H3. The zero-order valence-corrected chi connectivity index (χ0v) is 30.0. The van der Waals surface area contributed by atoms with Gasteiger partial charge in [-0.05, 0) is 49.4 Å². The van der Waals surface area contributed by atoms with E-state index in [1.54, 1.807) is 11.1 Å². The van der Waals surface area contributed by atoms with Gasteiger partial charge in [-0.1, -0.05) is 30.3 Å². The van der Waals surface area contributed by atoms with Crippen molar-refractivity contribution in [1.29, 1.82) is 0 Å². The lowest BCUT2D eigenvalue weighted by atomic mass is 9.88. The largest absolute Gasteiger partial charge is 0.444 e. The van der Waals surface area contributed by atoms with E-state index in [1.165, 1.54) is 24.0 Å². The molecule has 7 rings (SSSR count). The van der Waals surface area contributed by atoms with Crippen LogP contribution in [0.5, 0.6) is 0 Å². The monoisotopic (exact) mass is 746 g/mol. The molecule has 54 heavy (non-hydrogen) atoms. The zero-order chi connectivity index (χ0) is 37.9. The number of hydrogen-bond donors (Lipinski definition) is 2. The molecule has 3 aromatic rings. The molecule has 4 aliphatic heterocycles. The van der Waals surface area contributed by atoms with E-state index < -0.39 is 41.9 Å². The van der Waals surface area contributed by atoms with Crippen molar-refractivity contribution < 1.29 is 42.5 Å². The molecule has 4 unspecified atom stereocenters. The summed E-state index contributed by atoms with van der Waals surface area (Å²) in [5.41, 5.74) is 1.12. The zero-order valence-electron chi connectivity index (χ0n) is 30.0. The number of imidazole rings is 1. The third-order valence-electron chi connectivity index (χ3n) is 10.7. The lowest BCUT2D eigenvalue weighted by Gasteiger charge is -2.42. The van der Waals surface area contributed by atoms with Crippen LogP contribution >= 0.6 is 0 Å². The molecular formula is C39H44F2N6O7. The summed E-state index contributed by atoms with van der Waals surface area (Å²) in [5.74, 6) is -2.66. The van der Waals surface area contributed by atoms with E-state index in [9.17, 15) is 28.7 Å². The molecule has 0 radical (unpaired) electrons. The topological polar surface area (TPSA) is 147 Å². The van der Waals surface area contributed by atoms with Crippen LogP contribution in [0.2, 0.25) is 0 Å². The molecule has 13 nitrogen and oxygen atoms in total. The van der Waals surface area contributed by atoms with Crippen LogP contribution in [-0.2, 0) is 30.4 Å². The minimum absolute atomic E-state index is 0.0160. The van der Waals surface area contributed by atoms with E-state index in [0.29, 0.717) is 64.6 Å². The van der Waals surface area contributed by atoms with Crippen LogP contribution in [0.4, 0.5) is 13.6 Å². The molecule has 4 aliphatic rings. The predicted molar refractivity (Wildman–Crippen MR) is 190 cm³/mol. The van der Waals surface area contributed by atoms with Crippen LogP contribution in [0.1, 0.15) is 37.2 Å². The van der Waals surface area contributed by atoms with Crippen molar-refractivity contribution in [1.82, 2.24) is 29.6 Å². The van der Waals surface area contributed by atoms with Gasteiger partial charge in [0.25, 0.3) is 17.7 Å². The third kappa shape index (κ3) is 8.08. The maximum absolute atomic E-state index is 15.2. The second-order valence-corrected chi connectivity index (χ2v) is 14.5. The summed E-state index contributed by atoms with van der Waals surface area (Å²) in [4.78, 5) is 60.6. The highest BCUT2D eigenvalue weighted by Gasteiger charge is 2.43. The van der Waals surface area contributed by atoms with Crippen LogP contribution in [0.25, 0.3) is 11.3 Å². The van der Waals surface area contributed by atoms with Gasteiger partial charge in [-0.2, -0.15) is 0 Å². The first-order valence-corrected chi connectivity index (χ1v) is 18.4. The minimum atomic E-state index is -1.37. The molecule has 0 bridgehead atoms. The Hall–Kier alpha value is -4.99. The van der Waals surface area contributed by atoms with Gasteiger partial charge in [0.15, 0.2) is 0 Å². The van der Waals surface area contributed by atoms with Gasteiger partial charge in [0.05, 0.1) is 11.7 Å². The van der Waals surface area contributed by atoms with Crippen molar-refractivity contribution in [2.24, 2.45) is 17.8 Å². The van der Waals surface area contributed by atoms with Crippen molar-refractivity contribution in [2.45, 2.75) is 44.6 Å². The molecule has 5 heterocycles. The predicted octanol–water partition coefficient (Wildman–Crippen LogP) is 3.14. The molecule has 2 aromatic carbocycles. The average Bonchev–Trinajstić information content (AvgIpc) is 3.85. The number of carbonyl (C=O) groups excluding carboxylic acids is 4. The number of hydrogen-bond acceptors (Lipinski definition) is 9. The molecule has 286 valence electrons. The van der Waals surface area contributed by atoms with E-state index in [2.05, 4.69) is 5.32 Å². The maximum Gasteiger partial charge on any atom is 0.410 e. The Morgan fingerprint density at radius 2 is 1.78 bits per heavy atom. The van der Waals surface area contributed by atoms with Gasteiger partial charge in [-0.3, -0.25) is 19.3 Å². The van der Waals surface area contributed by atoms with E-state index >= 15 is 4.39 Å². The number of ether oxygens (including phenoxy) is 2. The fourth-order valence-electron chi connectivity index (χ4n) is 7.80. The maximum atomic E-state index is 15.2. The number of nitrogens with zero attached hydrogens (tertiary/aromatic N) is 5. The lowest BCUT2D eigenvalue weighted by molar-refractivity contribution is -0.146. The van der Waals surface area contributed by atoms with Gasteiger partial charge in [0, 0.05) is 94.8 Å². The van der Waals surface area contributed by atoms with Crippen molar-refractivity contribution in [2.75, 3.05) is 52.5 Å². The van der Waals surface area contributed by atoms with E-state index in [-0.39, 0.29) is 53.9 Å². The SMILES string of the molecule is CC(O)C(=O)N(CC1CNCC1OC(=O)N1CC(CN2C(=O)C=CC2=O)C1)C(c1nc(-c2cc(F)ccc2F)cn1Cc1ccccc1)C1CCOCC1. The van der Waals surface area contributed by atoms with E-state index in [1.807, 2.05) is 34.9 Å². The Kier molecular flexibility index (Phi) is 11.2. The summed E-state index contributed by atoms with van der Waals surface area (Å²) in [7, 11) is 0. The van der Waals surface area contributed by atoms with Gasteiger partial charge in [-0.25, -0.2) is 18.6 Å². The Labute approximate surface area is 311 Å². The second kappa shape index (κ2) is 16.2. The van der Waals surface area contributed by atoms with Crippen LogP contribution in [0.15, 0.2) is 66.9 Å². The summed E-state index contributed by atoms with van der Waals surface area (Å²) in [5, 5.41) is 14.1. The Balaban J connectivity index is 1.16. The number of imide groups is 1. The fraction of sp³-hybridized carbons (Fsp3) is 0.462. The average molecular weight is 747 g/mol. The number of likely N-dealkylation sites (tertiary alicyclic amines) is 1. The molecule has 2 N–H and O–H groups in total. The van der Waals surface area contributed by atoms with Crippen molar-refractivity contribution in [3.05, 3.63) is 89.9 Å². The minimum Gasteiger partial charge on any atom is -0.444 e. The first-order chi connectivity index (χ1) is 26.0. The molecule has 4 atom stereocenters. The van der Waals surface area contributed by atoms with Crippen molar-refractivity contribution in [3.63, 3.8) is 0 Å². The summed E-state index contributed by atoms with van der Waals surface area (Å²) >= 11 is 0. The quantitative estimate of drug-likeness (QED) is 0.267. The molecule has 0 aliphatic carbocycles. The summed E-state index contributed by atoms with van der Waals surface area (Å²) in [6.07, 6.45) is 2.79. The summed E-state index contributed by atoms with van der Waals surface area (Å²) < 4.78 is 43.2. The molecule has 1 aromatic heterocycles. The molecule has 3 fully saturated rings. The number of benzene rings is 2. The van der Waals surface area contributed by atoms with Crippen LogP contribution in [0, 0.1) is 29.4 Å². The number of aliphatic hydroxyl groups is 1. The van der Waals surface area contributed by atoms with Gasteiger partial charge >= 0.3 is 6.09 Å². The number of halogens is 2. The van der Waals surface area contributed by atoms with Crippen LogP contribution < -0.4 is 5.32 Å². The Morgan fingerprint density at radius 3 is 2.48 bits per heavy atom. The summed E-state index contributed by atoms with van der Waals surface area (Å²) in [6, 6.07) is 12.1. The normalized spacial score (nSPS) is 21.7. The molecule has 0 spiro atoms. The van der Waals surface area contributed by atoms with Crippen LogP contribution in [-0.4, -0.2) is 118 Å². The molecular weight excluding hydrogens is 702 g/mol. The van der Waals surface area contributed by atoms with Gasteiger partial charge in [-0.15, -0.1) is 0 Å². The number of amides is 4. The third-order valence-corrected chi connectivity index (χ3v) is 10.7. The Morgan fingerprint density at radius 1 is 1.06 bits per heavy atom. The molecule has 0 saturated carbocycles. The first kappa shape index (κ1) is 37.3. The Bertz CT molecular complexity index is 1870. The van der Waals surface area contributed by atoms with Crippen molar-refractivity contribution in [3.8, 4) is 11.3 Å². The highest BCUT2D eigenvalue weighted by Crippen LogP contribution is 2.38. The van der Waals surface area contributed by atoms with Gasteiger partial charge in [0.1, 0.15) is 29.7 Å². The highest BCUT2D eigenvalue weighted by atomic mass is 19.1. The molecule has 4 amide bonds. The number of aromatic nitrogens is 2. The molecule has 3 saturated heterocycles. The lowest BCUT2D eigenvalue weighted by Crippen LogP contribution is -2.55. The number of nitrogens with one attached hydrogen (secondary N) is 1. The first-order valence-electron chi connectivity index (χ1n) is 18.4. The van der Waals surface area contributed by atoms with Crippen LogP contribution in [0.3, 0.4) is 0 Å². The fourth-order valence-corrected chi connectivity index (χ4v) is 7.80. The highest BCUT2D eigenvalue weighted by molar-refractivity contribution is 6.12. The number of carbonyl (C=O) groups is 4. The van der Waals surface area contributed by atoms with Crippen molar-refractivity contribution >= 4 is 23.8 Å². The second-order valence-electron chi connectivity index (χ2n) is 14.5. The van der Waals surface area contributed by atoms with E-state index in [4.69, 9.17) is 14.5 Å². The number of rotatable bonds is 12. The number of aliphatic hydroxyl groups excluding tert-OH is 1. The van der Waals surface area contributed by atoms with Gasteiger partial charge < -0.3 is 34.3 Å². The summed E-state index contributed by atoms with van der Waals surface area (Å²) in [6.45, 7) is 4.39. The smallest absolute Gasteiger partial charge is 0.410 e.